The number of para-hydroxylation sites is 1. The van der Waals surface area contributed by atoms with Crippen LogP contribution in [0.3, 0.4) is 0 Å². The van der Waals surface area contributed by atoms with Gasteiger partial charge in [-0.1, -0.05) is 31.5 Å². The average Bonchev–Trinajstić information content (AvgIpc) is 2.67. The summed E-state index contributed by atoms with van der Waals surface area (Å²) in [6.07, 6.45) is 2.72. The second-order valence-electron chi connectivity index (χ2n) is 7.08. The van der Waals surface area contributed by atoms with E-state index in [1.807, 2.05) is 38.1 Å². The van der Waals surface area contributed by atoms with Crippen molar-refractivity contribution in [2.45, 2.75) is 46.1 Å². The minimum Gasteiger partial charge on any atom is -0.494 e. The maximum Gasteiger partial charge on any atom is 0.225 e. The Bertz CT molecular complexity index is 712. The van der Waals surface area contributed by atoms with Gasteiger partial charge in [-0.3, -0.25) is 4.79 Å². The van der Waals surface area contributed by atoms with Gasteiger partial charge in [0.15, 0.2) is 0 Å². The van der Waals surface area contributed by atoms with Gasteiger partial charge < -0.3 is 9.64 Å². The molecule has 2 rings (SSSR count). The number of carbonyl (C=O) groups excluding carboxylic acids is 1. The lowest BCUT2D eigenvalue weighted by molar-refractivity contribution is -0.135. The Hall–Kier alpha value is -1.60. The smallest absolute Gasteiger partial charge is 0.225 e. The highest BCUT2D eigenvalue weighted by molar-refractivity contribution is 7.89. The van der Waals surface area contributed by atoms with Crippen LogP contribution in [-0.2, 0) is 21.4 Å². The molecular formula is C20H32N2O4S. The number of amides is 1. The molecule has 0 spiro atoms. The molecule has 0 unspecified atom stereocenters. The summed E-state index contributed by atoms with van der Waals surface area (Å²) in [6, 6.07) is 7.75. The standard InChI is InChI=1S/C20H32N2O4S/c1-4-6-15-27(24,25)22-13-11-17(12-14-22)20(23)21(3)16-18-9-7-8-10-19(18)26-5-2/h7-10,17H,4-6,11-16H2,1-3H3. The van der Waals surface area contributed by atoms with Crippen LogP contribution in [0.1, 0.15) is 45.1 Å². The zero-order valence-corrected chi connectivity index (χ0v) is 17.5. The van der Waals surface area contributed by atoms with Crippen molar-refractivity contribution in [2.24, 2.45) is 5.92 Å². The summed E-state index contributed by atoms with van der Waals surface area (Å²) in [7, 11) is -1.38. The Morgan fingerprint density at radius 1 is 1.22 bits per heavy atom. The van der Waals surface area contributed by atoms with E-state index in [2.05, 4.69) is 0 Å². The van der Waals surface area contributed by atoms with Crippen molar-refractivity contribution in [1.82, 2.24) is 9.21 Å². The zero-order chi connectivity index (χ0) is 19.9. The molecule has 152 valence electrons. The second-order valence-corrected chi connectivity index (χ2v) is 9.17. The molecule has 1 aliphatic rings. The van der Waals surface area contributed by atoms with Gasteiger partial charge in [0.25, 0.3) is 0 Å². The van der Waals surface area contributed by atoms with Gasteiger partial charge in [-0.25, -0.2) is 12.7 Å². The molecule has 1 amide bonds. The molecule has 0 saturated carbocycles. The van der Waals surface area contributed by atoms with Gasteiger partial charge in [0.1, 0.15) is 5.75 Å². The third kappa shape index (κ3) is 5.94. The molecule has 1 aliphatic heterocycles. The van der Waals surface area contributed by atoms with Crippen LogP contribution >= 0.6 is 0 Å². The number of hydrogen-bond donors (Lipinski definition) is 0. The lowest BCUT2D eigenvalue weighted by atomic mass is 9.96. The summed E-state index contributed by atoms with van der Waals surface area (Å²) in [4.78, 5) is 14.5. The molecule has 0 aromatic heterocycles. The maximum atomic E-state index is 12.8. The monoisotopic (exact) mass is 396 g/mol. The topological polar surface area (TPSA) is 66.9 Å². The van der Waals surface area contributed by atoms with Crippen LogP contribution in [0.4, 0.5) is 0 Å². The number of piperidine rings is 1. The van der Waals surface area contributed by atoms with Crippen LogP contribution in [0.15, 0.2) is 24.3 Å². The number of benzene rings is 1. The molecule has 0 radical (unpaired) electrons. The number of sulfonamides is 1. The quantitative estimate of drug-likeness (QED) is 0.644. The minimum absolute atomic E-state index is 0.0758. The van der Waals surface area contributed by atoms with Crippen molar-refractivity contribution < 1.29 is 17.9 Å². The summed E-state index contributed by atoms with van der Waals surface area (Å²) in [5, 5.41) is 0. The second kappa shape index (κ2) is 10.1. The van der Waals surface area contributed by atoms with Gasteiger partial charge in [0.05, 0.1) is 12.4 Å². The van der Waals surface area contributed by atoms with Gasteiger partial charge in [-0.2, -0.15) is 0 Å². The van der Waals surface area contributed by atoms with Crippen LogP contribution in [0.2, 0.25) is 0 Å². The Morgan fingerprint density at radius 2 is 1.89 bits per heavy atom. The number of rotatable bonds is 9. The fourth-order valence-electron chi connectivity index (χ4n) is 3.41. The predicted molar refractivity (Wildman–Crippen MR) is 107 cm³/mol. The van der Waals surface area contributed by atoms with Crippen molar-refractivity contribution in [1.29, 1.82) is 0 Å². The number of hydrogen-bond acceptors (Lipinski definition) is 4. The van der Waals surface area contributed by atoms with Gasteiger partial charge in [-0.05, 0) is 32.3 Å². The van der Waals surface area contributed by atoms with Crippen LogP contribution in [-0.4, -0.2) is 56.0 Å². The Labute approximate surface area is 163 Å². The first-order valence-electron chi connectivity index (χ1n) is 9.82. The molecular weight excluding hydrogens is 364 g/mol. The van der Waals surface area contributed by atoms with E-state index in [0.717, 1.165) is 17.7 Å². The maximum absolute atomic E-state index is 12.8. The van der Waals surface area contributed by atoms with Crippen LogP contribution < -0.4 is 4.74 Å². The third-order valence-corrected chi connectivity index (χ3v) is 6.97. The normalized spacial score (nSPS) is 16.3. The van der Waals surface area contributed by atoms with Crippen LogP contribution in [0.5, 0.6) is 5.75 Å². The summed E-state index contributed by atoms with van der Waals surface area (Å²) < 4.78 is 31.8. The number of unbranched alkanes of at least 4 members (excludes halogenated alkanes) is 1. The number of ether oxygens (including phenoxy) is 1. The molecule has 0 aliphatic carbocycles. The molecule has 0 bridgehead atoms. The summed E-state index contributed by atoms with van der Waals surface area (Å²) in [6.45, 7) is 5.87. The minimum atomic E-state index is -3.18. The molecule has 7 heteroatoms. The van der Waals surface area contributed by atoms with Crippen molar-refractivity contribution in [3.05, 3.63) is 29.8 Å². The third-order valence-electron chi connectivity index (χ3n) is 5.01. The molecule has 1 aromatic carbocycles. The zero-order valence-electron chi connectivity index (χ0n) is 16.7. The Morgan fingerprint density at radius 3 is 2.52 bits per heavy atom. The van der Waals surface area contributed by atoms with E-state index in [-0.39, 0.29) is 17.6 Å². The largest absolute Gasteiger partial charge is 0.494 e. The van der Waals surface area contributed by atoms with E-state index in [1.165, 1.54) is 0 Å². The molecule has 6 nitrogen and oxygen atoms in total. The highest BCUT2D eigenvalue weighted by Crippen LogP contribution is 2.24. The van der Waals surface area contributed by atoms with E-state index in [1.54, 1.807) is 16.3 Å². The van der Waals surface area contributed by atoms with E-state index in [9.17, 15) is 13.2 Å². The number of nitrogens with zero attached hydrogens (tertiary/aromatic N) is 2. The predicted octanol–water partition coefficient (Wildman–Crippen LogP) is 2.89. The molecule has 1 heterocycles. The molecule has 1 aromatic rings. The molecule has 1 fully saturated rings. The molecule has 0 N–H and O–H groups in total. The lowest BCUT2D eigenvalue weighted by Gasteiger charge is -2.32. The van der Waals surface area contributed by atoms with Gasteiger partial charge in [0.2, 0.25) is 15.9 Å². The molecule has 1 saturated heterocycles. The van der Waals surface area contributed by atoms with E-state index >= 15 is 0 Å². The van der Waals surface area contributed by atoms with Crippen molar-refractivity contribution >= 4 is 15.9 Å². The van der Waals surface area contributed by atoms with Crippen molar-refractivity contribution in [3.63, 3.8) is 0 Å². The lowest BCUT2D eigenvalue weighted by Crippen LogP contribution is -2.44. The molecule has 27 heavy (non-hydrogen) atoms. The number of carbonyl (C=O) groups is 1. The van der Waals surface area contributed by atoms with E-state index in [4.69, 9.17) is 4.74 Å². The van der Waals surface area contributed by atoms with Gasteiger partial charge >= 0.3 is 0 Å². The SMILES string of the molecule is CCCCS(=O)(=O)N1CCC(C(=O)N(C)Cc2ccccc2OCC)CC1. The van der Waals surface area contributed by atoms with Gasteiger partial charge in [0, 0.05) is 38.2 Å². The van der Waals surface area contributed by atoms with Crippen LogP contribution in [0.25, 0.3) is 0 Å². The Balaban J connectivity index is 1.92. The van der Waals surface area contributed by atoms with E-state index < -0.39 is 10.0 Å². The summed E-state index contributed by atoms with van der Waals surface area (Å²) in [5.74, 6) is 0.964. The highest BCUT2D eigenvalue weighted by Gasteiger charge is 2.32. The molecule has 0 atom stereocenters. The van der Waals surface area contributed by atoms with Crippen molar-refractivity contribution in [2.75, 3.05) is 32.5 Å². The fraction of sp³-hybridized carbons (Fsp3) is 0.650. The first kappa shape index (κ1) is 21.7. The first-order chi connectivity index (χ1) is 12.9. The van der Waals surface area contributed by atoms with Gasteiger partial charge in [-0.15, -0.1) is 0 Å². The van der Waals surface area contributed by atoms with Crippen molar-refractivity contribution in [3.8, 4) is 5.75 Å². The highest BCUT2D eigenvalue weighted by atomic mass is 32.2. The summed E-state index contributed by atoms with van der Waals surface area (Å²) in [5.41, 5.74) is 0.981. The fourth-order valence-corrected chi connectivity index (χ4v) is 5.09. The summed E-state index contributed by atoms with van der Waals surface area (Å²) >= 11 is 0. The van der Waals surface area contributed by atoms with E-state index in [0.29, 0.717) is 45.5 Å². The Kier molecular flexibility index (Phi) is 8.10. The average molecular weight is 397 g/mol. The first-order valence-corrected chi connectivity index (χ1v) is 11.4. The van der Waals surface area contributed by atoms with Crippen LogP contribution in [0, 0.1) is 5.92 Å².